The molecule has 0 aliphatic rings. The smallest absolute Gasteiger partial charge is 1.00 e. The molecule has 0 bridgehead atoms. The van der Waals surface area contributed by atoms with Crippen LogP contribution in [-0.2, 0) is 9.59 Å². The number of hydrogen-bond acceptors (Lipinski definition) is 3. The van der Waals surface area contributed by atoms with Gasteiger partial charge in [-0.2, -0.15) is 11.8 Å². The molecule has 4 nitrogen and oxygen atoms in total. The van der Waals surface area contributed by atoms with Crippen LogP contribution < -0.4 is 34.9 Å². The largest absolute Gasteiger partial charge is 1.00 e. The van der Waals surface area contributed by atoms with Crippen LogP contribution in [0.3, 0.4) is 0 Å². The fourth-order valence-corrected chi connectivity index (χ4v) is 3.18. The molecular formula is C19H38NNaO3S. The minimum Gasteiger partial charge on any atom is -1.00 e. The van der Waals surface area contributed by atoms with Crippen LogP contribution in [0.2, 0.25) is 0 Å². The Balaban J connectivity index is -0.00000264. The summed E-state index contributed by atoms with van der Waals surface area (Å²) in [5.41, 5.74) is 0. The van der Waals surface area contributed by atoms with Gasteiger partial charge in [-0.3, -0.25) is 4.79 Å². The molecule has 0 aliphatic heterocycles. The number of rotatable bonds is 17. The zero-order valence-electron chi connectivity index (χ0n) is 17.6. The fourth-order valence-electron chi connectivity index (χ4n) is 2.71. The maximum Gasteiger partial charge on any atom is 1.00 e. The van der Waals surface area contributed by atoms with Gasteiger partial charge in [-0.1, -0.05) is 71.1 Å². The summed E-state index contributed by atoms with van der Waals surface area (Å²) in [6.45, 7) is 2.24. The molecular weight excluding hydrogens is 345 g/mol. The number of amides is 1. The summed E-state index contributed by atoms with van der Waals surface area (Å²) in [6, 6.07) is -0.738. The summed E-state index contributed by atoms with van der Waals surface area (Å²) in [5, 5.41) is 11.7. The van der Waals surface area contributed by atoms with Crippen molar-refractivity contribution in [2.24, 2.45) is 0 Å². The number of nitrogens with one attached hydrogen (secondary N) is 1. The molecule has 25 heavy (non-hydrogen) atoms. The van der Waals surface area contributed by atoms with E-state index in [0.29, 0.717) is 12.8 Å². The number of carboxylic acids is 1. The molecule has 0 unspecified atom stereocenters. The second-order valence-corrected chi connectivity index (χ2v) is 7.51. The van der Waals surface area contributed by atoms with Gasteiger partial charge < -0.3 is 11.8 Å². The van der Waals surface area contributed by atoms with Crippen molar-refractivity contribution < 1.29 is 45.7 Å². The molecule has 6 heteroatoms. The minimum absolute atomic E-state index is 0. The van der Waals surface area contributed by atoms with Crippen LogP contribution in [0.4, 0.5) is 0 Å². The van der Waals surface area contributed by atoms with Gasteiger partial charge in [-0.25, -0.2) is 4.79 Å². The van der Waals surface area contributed by atoms with Crippen LogP contribution in [0.15, 0.2) is 0 Å². The van der Waals surface area contributed by atoms with Gasteiger partial charge in [-0.15, -0.1) is 0 Å². The molecule has 1 amide bonds. The van der Waals surface area contributed by atoms with Crippen molar-refractivity contribution in [2.75, 3.05) is 12.0 Å². The van der Waals surface area contributed by atoms with E-state index in [4.69, 9.17) is 5.11 Å². The molecule has 0 aromatic rings. The second kappa shape index (κ2) is 20.6. The zero-order valence-corrected chi connectivity index (χ0v) is 19.5. The predicted octanol–water partition coefficient (Wildman–Crippen LogP) is 2.13. The van der Waals surface area contributed by atoms with E-state index < -0.39 is 12.0 Å². The molecule has 0 heterocycles. The van der Waals surface area contributed by atoms with Gasteiger partial charge in [0.05, 0.1) is 0 Å². The van der Waals surface area contributed by atoms with E-state index in [0.717, 1.165) is 18.6 Å². The average molecular weight is 384 g/mol. The third-order valence-electron chi connectivity index (χ3n) is 4.25. The number of hydrogen-bond donors (Lipinski definition) is 2. The fraction of sp³-hybridized carbons (Fsp3) is 0.895. The van der Waals surface area contributed by atoms with Gasteiger partial charge in [0.2, 0.25) is 5.91 Å². The third kappa shape index (κ3) is 18.9. The van der Waals surface area contributed by atoms with Crippen molar-refractivity contribution in [2.45, 2.75) is 96.4 Å². The van der Waals surface area contributed by atoms with Gasteiger partial charge in [0.15, 0.2) is 0 Å². The van der Waals surface area contributed by atoms with Gasteiger partial charge in [0, 0.05) is 6.42 Å². The average Bonchev–Trinajstić information content (AvgIpc) is 2.56. The summed E-state index contributed by atoms with van der Waals surface area (Å²) >= 11 is 1.60. The maximum absolute atomic E-state index is 11.8. The topological polar surface area (TPSA) is 66.4 Å². The van der Waals surface area contributed by atoms with Crippen molar-refractivity contribution in [3.63, 3.8) is 0 Å². The van der Waals surface area contributed by atoms with E-state index in [1.807, 2.05) is 6.26 Å². The van der Waals surface area contributed by atoms with E-state index in [2.05, 4.69) is 12.2 Å². The molecule has 0 saturated carbocycles. The summed E-state index contributed by atoms with van der Waals surface area (Å²) in [7, 11) is 0. The summed E-state index contributed by atoms with van der Waals surface area (Å²) in [4.78, 5) is 22.9. The Morgan fingerprint density at radius 2 is 1.44 bits per heavy atom. The van der Waals surface area contributed by atoms with Crippen LogP contribution in [0.5, 0.6) is 0 Å². The Hall–Kier alpha value is 0.290. The van der Waals surface area contributed by atoms with E-state index in [9.17, 15) is 9.59 Å². The number of aliphatic carboxylic acids is 1. The monoisotopic (exact) mass is 383 g/mol. The number of unbranched alkanes of at least 4 members (excludes halogenated alkanes) is 10. The molecule has 0 radical (unpaired) electrons. The zero-order chi connectivity index (χ0) is 18.0. The molecule has 0 aromatic carbocycles. The number of carbonyl (C=O) groups excluding carboxylic acids is 1. The molecule has 1 atom stereocenters. The van der Waals surface area contributed by atoms with Crippen molar-refractivity contribution >= 4 is 23.6 Å². The molecule has 0 rings (SSSR count). The summed E-state index contributed by atoms with van der Waals surface area (Å²) < 4.78 is 0. The molecule has 0 aliphatic carbocycles. The standard InChI is InChI=1S/C19H37NO3S.Na.H/c1-3-4-5-6-7-8-9-10-11-12-13-14-18(21)20-17(19(22)23)15-16-24-2;;/h17H,3-16H2,1-2H3,(H,20,21)(H,22,23);;/q;+1;-1/t17-;;/m0../s1. The Bertz CT molecular complexity index is 336. The summed E-state index contributed by atoms with van der Waals surface area (Å²) in [6.07, 6.45) is 16.6. The summed E-state index contributed by atoms with van der Waals surface area (Å²) in [5.74, 6) is -0.314. The normalized spacial score (nSPS) is 11.6. The van der Waals surface area contributed by atoms with Crippen LogP contribution in [0.1, 0.15) is 91.8 Å². The van der Waals surface area contributed by atoms with Crippen molar-refractivity contribution in [3.8, 4) is 0 Å². The molecule has 144 valence electrons. The number of carboxylic acid groups (broad SMARTS) is 1. The van der Waals surface area contributed by atoms with Gasteiger partial charge >= 0.3 is 35.5 Å². The Morgan fingerprint density at radius 1 is 0.960 bits per heavy atom. The Labute approximate surface area is 182 Å². The number of thioether (sulfide) groups is 1. The molecule has 2 N–H and O–H groups in total. The quantitative estimate of drug-likeness (QED) is 0.298. The molecule has 0 fully saturated rings. The van der Waals surface area contributed by atoms with Crippen LogP contribution in [0.25, 0.3) is 0 Å². The molecule has 0 saturated heterocycles. The minimum atomic E-state index is -0.934. The van der Waals surface area contributed by atoms with Gasteiger partial charge in [-0.05, 0) is 24.9 Å². The first-order valence-corrected chi connectivity index (χ1v) is 11.0. The first kappa shape index (κ1) is 27.5. The maximum atomic E-state index is 11.8. The number of carbonyl (C=O) groups is 2. The second-order valence-electron chi connectivity index (χ2n) is 6.53. The Morgan fingerprint density at radius 3 is 1.88 bits per heavy atom. The predicted molar refractivity (Wildman–Crippen MR) is 105 cm³/mol. The SMILES string of the molecule is CCCCCCCCCCCCCC(=O)N[C@@H](CCSC)C(=O)O.[H-].[Na+]. The van der Waals surface area contributed by atoms with E-state index >= 15 is 0 Å². The Kier molecular flexibility index (Phi) is 22.7. The van der Waals surface area contributed by atoms with Crippen molar-refractivity contribution in [3.05, 3.63) is 0 Å². The molecule has 0 aromatic heterocycles. The van der Waals surface area contributed by atoms with Gasteiger partial charge in [0.1, 0.15) is 6.04 Å². The molecule has 0 spiro atoms. The van der Waals surface area contributed by atoms with Gasteiger partial charge in [0.25, 0.3) is 0 Å². The van der Waals surface area contributed by atoms with Crippen LogP contribution in [0, 0.1) is 0 Å². The van der Waals surface area contributed by atoms with E-state index in [-0.39, 0.29) is 36.9 Å². The third-order valence-corrected chi connectivity index (χ3v) is 4.90. The first-order valence-electron chi connectivity index (χ1n) is 9.63. The first-order chi connectivity index (χ1) is 11.6. The van der Waals surface area contributed by atoms with E-state index in [1.165, 1.54) is 57.8 Å². The van der Waals surface area contributed by atoms with Crippen molar-refractivity contribution in [1.29, 1.82) is 0 Å². The van der Waals surface area contributed by atoms with Crippen molar-refractivity contribution in [1.82, 2.24) is 5.32 Å². The van der Waals surface area contributed by atoms with Crippen LogP contribution in [-0.4, -0.2) is 35.0 Å². The van der Waals surface area contributed by atoms with E-state index in [1.54, 1.807) is 11.8 Å². The van der Waals surface area contributed by atoms with Crippen LogP contribution >= 0.6 is 11.8 Å².